The van der Waals surface area contributed by atoms with Crippen molar-refractivity contribution in [3.63, 3.8) is 0 Å². The summed E-state index contributed by atoms with van der Waals surface area (Å²) in [5.41, 5.74) is 0. The largest absolute Gasteiger partial charge is 0.381 e. The summed E-state index contributed by atoms with van der Waals surface area (Å²) in [6, 6.07) is 0. The summed E-state index contributed by atoms with van der Waals surface area (Å²) in [4.78, 5) is 10.3. The zero-order chi connectivity index (χ0) is 6.57. The fourth-order valence-electron chi connectivity index (χ4n) is 0.488. The molecule has 8 heavy (non-hydrogen) atoms. The van der Waals surface area contributed by atoms with E-state index in [-0.39, 0.29) is 11.9 Å². The lowest BCUT2D eigenvalue weighted by atomic mass is 10.2. The minimum absolute atomic E-state index is 0.0764. The quantitative estimate of drug-likeness (QED) is 0.550. The second-order valence-electron chi connectivity index (χ2n) is 1.95. The Hall–Kier alpha value is -0.370. The van der Waals surface area contributed by atoms with Gasteiger partial charge in [0.15, 0.2) is 0 Å². The second-order valence-corrected chi connectivity index (χ2v) is 1.95. The summed E-state index contributed by atoms with van der Waals surface area (Å²) < 4.78 is 4.84. The van der Waals surface area contributed by atoms with Crippen LogP contribution in [-0.2, 0) is 9.53 Å². The summed E-state index contributed by atoms with van der Waals surface area (Å²) in [5, 5.41) is 0. The van der Waals surface area contributed by atoms with E-state index < -0.39 is 0 Å². The van der Waals surface area contributed by atoms with Crippen LogP contribution in [0.3, 0.4) is 0 Å². The Morgan fingerprint density at radius 3 is 2.38 bits per heavy atom. The highest BCUT2D eigenvalue weighted by atomic mass is 16.5. The Labute approximate surface area is 49.8 Å². The van der Waals surface area contributed by atoms with Crippen molar-refractivity contribution < 1.29 is 9.53 Å². The van der Waals surface area contributed by atoms with Crippen LogP contribution in [0.25, 0.3) is 0 Å². The van der Waals surface area contributed by atoms with Crippen LogP contribution < -0.4 is 0 Å². The molecule has 0 heterocycles. The normalized spacial score (nSPS) is 13.4. The molecule has 0 saturated carbocycles. The van der Waals surface area contributed by atoms with Gasteiger partial charge in [0.25, 0.3) is 0 Å². The Balaban J connectivity index is 3.24. The van der Waals surface area contributed by atoms with Gasteiger partial charge in [0.2, 0.25) is 0 Å². The molecule has 0 N–H and O–H groups in total. The van der Waals surface area contributed by atoms with Crippen molar-refractivity contribution >= 4 is 5.78 Å². The molecule has 0 aliphatic rings. The minimum Gasteiger partial charge on any atom is -0.381 e. The number of carbonyl (C=O) groups is 1. The van der Waals surface area contributed by atoms with Gasteiger partial charge in [-0.2, -0.15) is 0 Å². The van der Waals surface area contributed by atoms with Crippen LogP contribution in [0.2, 0.25) is 0 Å². The first-order valence-corrected chi connectivity index (χ1v) is 2.69. The summed E-state index contributed by atoms with van der Waals surface area (Å²) in [5.74, 6) is 0.180. The van der Waals surface area contributed by atoms with Gasteiger partial charge < -0.3 is 4.74 Å². The molecule has 0 aromatic rings. The molecule has 0 bridgehead atoms. The summed E-state index contributed by atoms with van der Waals surface area (Å²) in [7, 11) is 1.60. The van der Waals surface area contributed by atoms with E-state index in [0.29, 0.717) is 6.42 Å². The molecule has 0 spiro atoms. The third-order valence-corrected chi connectivity index (χ3v) is 0.977. The molecular weight excluding hydrogens is 104 g/mol. The minimum atomic E-state index is 0.0764. The second kappa shape index (κ2) is 3.61. The molecule has 0 fully saturated rings. The van der Waals surface area contributed by atoms with Gasteiger partial charge in [-0.3, -0.25) is 4.79 Å². The number of methoxy groups -OCH3 is 1. The fraction of sp³-hybridized carbons (Fsp3) is 0.833. The van der Waals surface area contributed by atoms with E-state index in [1.54, 1.807) is 14.0 Å². The van der Waals surface area contributed by atoms with Gasteiger partial charge in [-0.15, -0.1) is 0 Å². The average Bonchev–Trinajstić information content (AvgIpc) is 1.65. The van der Waals surface area contributed by atoms with Crippen molar-refractivity contribution in [2.75, 3.05) is 7.11 Å². The van der Waals surface area contributed by atoms with Crippen molar-refractivity contribution in [3.8, 4) is 0 Å². The SMILES string of the molecule is CO[C@H](C)CC(C)=O. The molecule has 1 atom stereocenters. The molecule has 0 unspecified atom stereocenters. The van der Waals surface area contributed by atoms with Crippen LogP contribution in [0.1, 0.15) is 20.3 Å². The summed E-state index contributed by atoms with van der Waals surface area (Å²) in [6.45, 7) is 3.44. The molecule has 0 aromatic heterocycles. The highest BCUT2D eigenvalue weighted by molar-refractivity contribution is 5.75. The van der Waals surface area contributed by atoms with Crippen molar-refractivity contribution in [2.24, 2.45) is 0 Å². The van der Waals surface area contributed by atoms with Crippen molar-refractivity contribution in [1.29, 1.82) is 0 Å². The van der Waals surface area contributed by atoms with Gasteiger partial charge in [0, 0.05) is 13.5 Å². The van der Waals surface area contributed by atoms with E-state index in [4.69, 9.17) is 4.74 Å². The van der Waals surface area contributed by atoms with Crippen LogP contribution in [-0.4, -0.2) is 19.0 Å². The molecule has 0 amide bonds. The van der Waals surface area contributed by atoms with Gasteiger partial charge in [0.1, 0.15) is 5.78 Å². The maximum Gasteiger partial charge on any atom is 0.132 e. The maximum absolute atomic E-state index is 10.3. The maximum atomic E-state index is 10.3. The third-order valence-electron chi connectivity index (χ3n) is 0.977. The number of ketones is 1. The van der Waals surface area contributed by atoms with Gasteiger partial charge in [-0.05, 0) is 13.8 Å². The molecule has 2 nitrogen and oxygen atoms in total. The predicted octanol–water partition coefficient (Wildman–Crippen LogP) is 1.00. The van der Waals surface area contributed by atoms with E-state index in [2.05, 4.69) is 0 Å². The van der Waals surface area contributed by atoms with E-state index in [1.807, 2.05) is 6.92 Å². The molecule has 0 aliphatic heterocycles. The average molecular weight is 116 g/mol. The highest BCUT2D eigenvalue weighted by Gasteiger charge is 2.00. The van der Waals surface area contributed by atoms with Crippen molar-refractivity contribution in [2.45, 2.75) is 26.4 Å². The van der Waals surface area contributed by atoms with Crippen LogP contribution in [0.4, 0.5) is 0 Å². The van der Waals surface area contributed by atoms with Crippen molar-refractivity contribution in [1.82, 2.24) is 0 Å². The molecule has 0 aliphatic carbocycles. The number of carbonyl (C=O) groups excluding carboxylic acids is 1. The lowest BCUT2D eigenvalue weighted by Gasteiger charge is -2.03. The molecule has 2 heteroatoms. The summed E-state index contributed by atoms with van der Waals surface area (Å²) in [6.07, 6.45) is 0.601. The molecular formula is C6H12O2. The van der Waals surface area contributed by atoms with Gasteiger partial charge >= 0.3 is 0 Å². The Bertz CT molecular complexity index is 78.6. The van der Waals surface area contributed by atoms with Gasteiger partial charge in [-0.1, -0.05) is 0 Å². The van der Waals surface area contributed by atoms with E-state index >= 15 is 0 Å². The molecule has 0 radical (unpaired) electrons. The van der Waals surface area contributed by atoms with E-state index in [9.17, 15) is 4.79 Å². The van der Waals surface area contributed by atoms with Crippen LogP contribution in [0.5, 0.6) is 0 Å². The lowest BCUT2D eigenvalue weighted by Crippen LogP contribution is -2.08. The standard InChI is InChI=1S/C6H12O2/c1-5(7)4-6(2)8-3/h6H,4H2,1-3H3/t6-/m1/s1. The van der Waals surface area contributed by atoms with Gasteiger partial charge in [-0.25, -0.2) is 0 Å². The van der Waals surface area contributed by atoms with Crippen LogP contribution in [0, 0.1) is 0 Å². The first kappa shape index (κ1) is 7.63. The predicted molar refractivity (Wildman–Crippen MR) is 31.8 cm³/mol. The molecule has 0 aromatic carbocycles. The first-order valence-electron chi connectivity index (χ1n) is 2.69. The monoisotopic (exact) mass is 116 g/mol. The topological polar surface area (TPSA) is 26.3 Å². The molecule has 0 saturated heterocycles. The third kappa shape index (κ3) is 3.81. The zero-order valence-corrected chi connectivity index (χ0v) is 5.60. The summed E-state index contributed by atoms with van der Waals surface area (Å²) >= 11 is 0. The first-order chi connectivity index (χ1) is 3.66. The highest BCUT2D eigenvalue weighted by Crippen LogP contribution is 1.94. The van der Waals surface area contributed by atoms with Crippen LogP contribution in [0.15, 0.2) is 0 Å². The number of hydrogen-bond donors (Lipinski definition) is 0. The number of hydrogen-bond acceptors (Lipinski definition) is 2. The van der Waals surface area contributed by atoms with Gasteiger partial charge in [0.05, 0.1) is 6.10 Å². The van der Waals surface area contributed by atoms with E-state index in [1.165, 1.54) is 0 Å². The smallest absolute Gasteiger partial charge is 0.132 e. The number of Topliss-reactive ketones (excluding diaryl/α,β-unsaturated/α-hetero) is 1. The number of rotatable bonds is 3. The molecule has 0 rings (SSSR count). The lowest BCUT2D eigenvalue weighted by molar-refractivity contribution is -0.119. The Morgan fingerprint density at radius 1 is 1.75 bits per heavy atom. The zero-order valence-electron chi connectivity index (χ0n) is 5.60. The molecule has 48 valence electrons. The number of ether oxygens (including phenoxy) is 1. The van der Waals surface area contributed by atoms with Crippen LogP contribution >= 0.6 is 0 Å². The van der Waals surface area contributed by atoms with E-state index in [0.717, 1.165) is 0 Å². The fourth-order valence-corrected chi connectivity index (χ4v) is 0.488. The Kier molecular flexibility index (Phi) is 3.44. The van der Waals surface area contributed by atoms with Crippen molar-refractivity contribution in [3.05, 3.63) is 0 Å². The Morgan fingerprint density at radius 2 is 2.25 bits per heavy atom.